The molecule has 2 N–H and O–H groups in total. The van der Waals surface area contributed by atoms with E-state index in [-0.39, 0.29) is 4.90 Å². The molecule has 0 aromatic heterocycles. The molecule has 0 saturated carbocycles. The van der Waals surface area contributed by atoms with E-state index in [1.165, 1.54) is 12.1 Å². The third-order valence-electron chi connectivity index (χ3n) is 1.72. The molecule has 5 heteroatoms. The number of sulfone groups is 1. The lowest BCUT2D eigenvalue weighted by Gasteiger charge is -2.07. The highest BCUT2D eigenvalue weighted by molar-refractivity contribution is 7.91. The second kappa shape index (κ2) is 4.54. The quantitative estimate of drug-likeness (QED) is 0.731. The fourth-order valence-corrected chi connectivity index (χ4v) is 2.41. The molecular formula is C9H12O4S. The Morgan fingerprint density at radius 3 is 2.29 bits per heavy atom. The van der Waals surface area contributed by atoms with E-state index in [9.17, 15) is 8.42 Å². The molecular weight excluding hydrogens is 204 g/mol. The molecule has 0 aliphatic rings. The number of aliphatic hydroxyl groups excluding tert-OH is 2. The van der Waals surface area contributed by atoms with Crippen LogP contribution in [-0.4, -0.2) is 37.1 Å². The van der Waals surface area contributed by atoms with Gasteiger partial charge in [0, 0.05) is 0 Å². The number of aliphatic hydroxyl groups is 2. The third-order valence-corrected chi connectivity index (χ3v) is 3.54. The Morgan fingerprint density at radius 2 is 1.79 bits per heavy atom. The van der Waals surface area contributed by atoms with Crippen LogP contribution in [0.3, 0.4) is 0 Å². The van der Waals surface area contributed by atoms with Crippen LogP contribution in [0.4, 0.5) is 0 Å². The Balaban J connectivity index is 2.87. The van der Waals surface area contributed by atoms with E-state index >= 15 is 0 Å². The van der Waals surface area contributed by atoms with Crippen molar-refractivity contribution >= 4 is 9.84 Å². The van der Waals surface area contributed by atoms with E-state index in [1.807, 2.05) is 0 Å². The van der Waals surface area contributed by atoms with Crippen LogP contribution in [0.1, 0.15) is 0 Å². The predicted molar refractivity (Wildman–Crippen MR) is 51.6 cm³/mol. The number of rotatable bonds is 4. The molecule has 0 aliphatic carbocycles. The molecule has 0 bridgehead atoms. The zero-order chi connectivity index (χ0) is 10.6. The molecule has 0 spiro atoms. The van der Waals surface area contributed by atoms with Gasteiger partial charge < -0.3 is 10.2 Å². The minimum absolute atomic E-state index is 0.160. The first-order valence-electron chi connectivity index (χ1n) is 4.13. The molecule has 0 radical (unpaired) electrons. The molecule has 1 rings (SSSR count). The first-order valence-corrected chi connectivity index (χ1v) is 5.78. The monoisotopic (exact) mass is 216 g/mol. The second-order valence-electron chi connectivity index (χ2n) is 2.93. The van der Waals surface area contributed by atoms with Gasteiger partial charge in [-0.05, 0) is 12.1 Å². The molecule has 0 heterocycles. The molecule has 14 heavy (non-hydrogen) atoms. The van der Waals surface area contributed by atoms with Crippen LogP contribution < -0.4 is 0 Å². The number of benzene rings is 1. The standard InChI is InChI=1S/C9H12O4S/c10-6-8(11)7-14(12,13)9-4-2-1-3-5-9/h1-5,8,10-11H,6-7H2. The Morgan fingerprint density at radius 1 is 1.21 bits per heavy atom. The molecule has 1 aromatic carbocycles. The van der Waals surface area contributed by atoms with Crippen LogP contribution in [0.2, 0.25) is 0 Å². The van der Waals surface area contributed by atoms with Gasteiger partial charge in [-0.3, -0.25) is 0 Å². The molecule has 1 aromatic rings. The molecule has 0 fully saturated rings. The van der Waals surface area contributed by atoms with Crippen molar-refractivity contribution in [2.45, 2.75) is 11.0 Å². The molecule has 1 atom stereocenters. The summed E-state index contributed by atoms with van der Waals surface area (Å²) < 4.78 is 23.1. The summed E-state index contributed by atoms with van der Waals surface area (Å²) in [4.78, 5) is 0.160. The van der Waals surface area contributed by atoms with Crippen LogP contribution in [-0.2, 0) is 9.84 Å². The Bertz CT molecular complexity index is 371. The van der Waals surface area contributed by atoms with Crippen LogP contribution in [0.15, 0.2) is 35.2 Å². The van der Waals surface area contributed by atoms with E-state index in [0.29, 0.717) is 0 Å². The van der Waals surface area contributed by atoms with Gasteiger partial charge in [0.15, 0.2) is 9.84 Å². The van der Waals surface area contributed by atoms with Crippen molar-refractivity contribution < 1.29 is 18.6 Å². The zero-order valence-electron chi connectivity index (χ0n) is 7.50. The average molecular weight is 216 g/mol. The Hall–Kier alpha value is -0.910. The first kappa shape index (κ1) is 11.2. The maximum atomic E-state index is 11.5. The molecule has 0 amide bonds. The first-order chi connectivity index (χ1) is 6.56. The van der Waals surface area contributed by atoms with E-state index in [0.717, 1.165) is 0 Å². The minimum Gasteiger partial charge on any atom is -0.394 e. The van der Waals surface area contributed by atoms with E-state index in [4.69, 9.17) is 10.2 Å². The van der Waals surface area contributed by atoms with Crippen LogP contribution >= 0.6 is 0 Å². The SMILES string of the molecule is O=S(=O)(CC(O)CO)c1ccccc1. The van der Waals surface area contributed by atoms with Gasteiger partial charge in [0.05, 0.1) is 23.4 Å². The molecule has 1 unspecified atom stereocenters. The summed E-state index contributed by atoms with van der Waals surface area (Å²) in [7, 11) is -3.48. The average Bonchev–Trinajstić information content (AvgIpc) is 2.18. The van der Waals surface area contributed by atoms with Gasteiger partial charge in [0.25, 0.3) is 0 Å². The summed E-state index contributed by atoms with van der Waals surface area (Å²) in [6, 6.07) is 7.84. The normalized spacial score (nSPS) is 13.9. The maximum absolute atomic E-state index is 11.5. The van der Waals surface area contributed by atoms with E-state index in [2.05, 4.69) is 0 Å². The Labute approximate surface area is 82.7 Å². The van der Waals surface area contributed by atoms with Gasteiger partial charge in [-0.15, -0.1) is 0 Å². The lowest BCUT2D eigenvalue weighted by Crippen LogP contribution is -2.24. The highest BCUT2D eigenvalue weighted by Crippen LogP contribution is 2.10. The summed E-state index contributed by atoms with van der Waals surface area (Å²) in [5.74, 6) is -0.451. The van der Waals surface area contributed by atoms with Crippen molar-refractivity contribution in [2.75, 3.05) is 12.4 Å². The molecule has 0 aliphatic heterocycles. The lowest BCUT2D eigenvalue weighted by atomic mass is 10.4. The highest BCUT2D eigenvalue weighted by atomic mass is 32.2. The van der Waals surface area contributed by atoms with Crippen molar-refractivity contribution in [3.05, 3.63) is 30.3 Å². The topological polar surface area (TPSA) is 74.6 Å². The van der Waals surface area contributed by atoms with Gasteiger partial charge in [-0.2, -0.15) is 0 Å². The predicted octanol–water partition coefficient (Wildman–Crippen LogP) is -0.187. The van der Waals surface area contributed by atoms with E-state index in [1.54, 1.807) is 18.2 Å². The third kappa shape index (κ3) is 2.80. The van der Waals surface area contributed by atoms with E-state index < -0.39 is 28.3 Å². The largest absolute Gasteiger partial charge is 0.394 e. The van der Waals surface area contributed by atoms with Gasteiger partial charge in [-0.1, -0.05) is 18.2 Å². The molecule has 78 valence electrons. The smallest absolute Gasteiger partial charge is 0.180 e. The van der Waals surface area contributed by atoms with Crippen molar-refractivity contribution in [2.24, 2.45) is 0 Å². The van der Waals surface area contributed by atoms with Crippen molar-refractivity contribution in [3.8, 4) is 0 Å². The molecule has 4 nitrogen and oxygen atoms in total. The fourth-order valence-electron chi connectivity index (χ4n) is 1.03. The zero-order valence-corrected chi connectivity index (χ0v) is 8.31. The van der Waals surface area contributed by atoms with Crippen molar-refractivity contribution in [1.82, 2.24) is 0 Å². The summed E-state index contributed by atoms with van der Waals surface area (Å²) in [5.41, 5.74) is 0. The maximum Gasteiger partial charge on any atom is 0.180 e. The number of hydrogen-bond donors (Lipinski definition) is 2. The van der Waals surface area contributed by atoms with Gasteiger partial charge in [0.2, 0.25) is 0 Å². The summed E-state index contributed by atoms with van der Waals surface area (Å²) in [5, 5.41) is 17.6. The second-order valence-corrected chi connectivity index (χ2v) is 4.97. The summed E-state index contributed by atoms with van der Waals surface area (Å²) in [6.07, 6.45) is -1.22. The van der Waals surface area contributed by atoms with Gasteiger partial charge >= 0.3 is 0 Å². The Kier molecular flexibility index (Phi) is 3.62. The fraction of sp³-hybridized carbons (Fsp3) is 0.333. The van der Waals surface area contributed by atoms with Crippen molar-refractivity contribution in [3.63, 3.8) is 0 Å². The van der Waals surface area contributed by atoms with Gasteiger partial charge in [-0.25, -0.2) is 8.42 Å². The van der Waals surface area contributed by atoms with Gasteiger partial charge in [0.1, 0.15) is 0 Å². The van der Waals surface area contributed by atoms with Crippen LogP contribution in [0.5, 0.6) is 0 Å². The van der Waals surface area contributed by atoms with Crippen LogP contribution in [0, 0.1) is 0 Å². The van der Waals surface area contributed by atoms with Crippen LogP contribution in [0.25, 0.3) is 0 Å². The molecule has 0 saturated heterocycles. The lowest BCUT2D eigenvalue weighted by molar-refractivity contribution is 0.112. The summed E-state index contributed by atoms with van der Waals surface area (Å²) in [6.45, 7) is -0.550. The van der Waals surface area contributed by atoms with Crippen molar-refractivity contribution in [1.29, 1.82) is 0 Å². The number of hydrogen-bond acceptors (Lipinski definition) is 4. The summed E-state index contributed by atoms with van der Waals surface area (Å²) >= 11 is 0. The minimum atomic E-state index is -3.48. The highest BCUT2D eigenvalue weighted by Gasteiger charge is 2.18.